The fourth-order valence-electron chi connectivity index (χ4n) is 1.12. The highest BCUT2D eigenvalue weighted by atomic mass is 14.5. The summed E-state index contributed by atoms with van der Waals surface area (Å²) in [5.41, 5.74) is 1.24. The van der Waals surface area contributed by atoms with Crippen molar-refractivity contribution in [1.82, 2.24) is 0 Å². The fourth-order valence-corrected chi connectivity index (χ4v) is 1.12. The highest BCUT2D eigenvalue weighted by Crippen LogP contribution is 2.55. The Morgan fingerprint density at radius 1 is 0.750 bits per heavy atom. The van der Waals surface area contributed by atoms with Gasteiger partial charge in [0.1, 0.15) is 0 Å². The summed E-state index contributed by atoms with van der Waals surface area (Å²) in [5, 5.41) is 0. The molecule has 1 aliphatic carbocycles. The van der Waals surface area contributed by atoms with Gasteiger partial charge in [0.2, 0.25) is 0 Å². The zero-order valence-corrected chi connectivity index (χ0v) is 6.41. The van der Waals surface area contributed by atoms with Crippen molar-refractivity contribution in [2.75, 3.05) is 0 Å². The van der Waals surface area contributed by atoms with Crippen molar-refractivity contribution < 1.29 is 0 Å². The second-order valence-electron chi connectivity index (χ2n) is 4.27. The summed E-state index contributed by atoms with van der Waals surface area (Å²) in [6.45, 7) is 9.43. The smallest absolute Gasteiger partial charge is 0.0303 e. The largest absolute Gasteiger partial charge is 0.0594 e. The van der Waals surface area contributed by atoms with Crippen LogP contribution < -0.4 is 0 Å². The Balaban J connectivity index is 2.63. The van der Waals surface area contributed by atoms with Gasteiger partial charge in [-0.15, -0.1) is 0 Å². The summed E-state index contributed by atoms with van der Waals surface area (Å²) < 4.78 is 0. The Labute approximate surface area is 52.3 Å². The van der Waals surface area contributed by atoms with E-state index < -0.39 is 0 Å². The fraction of sp³-hybridized carbons (Fsp3) is 1.00. The summed E-state index contributed by atoms with van der Waals surface area (Å²) in [7, 11) is 0. The zero-order valence-electron chi connectivity index (χ0n) is 6.41. The molecule has 1 saturated carbocycles. The molecule has 0 radical (unpaired) electrons. The van der Waals surface area contributed by atoms with Crippen molar-refractivity contribution in [2.24, 2.45) is 10.8 Å². The summed E-state index contributed by atoms with van der Waals surface area (Å²) in [6, 6.07) is 0. The second-order valence-corrected chi connectivity index (χ2v) is 4.27. The van der Waals surface area contributed by atoms with Crippen molar-refractivity contribution in [3.63, 3.8) is 0 Å². The van der Waals surface area contributed by atoms with Gasteiger partial charge in [-0.25, -0.2) is 0 Å². The van der Waals surface area contributed by atoms with E-state index in [0.29, 0.717) is 10.8 Å². The topological polar surface area (TPSA) is 0 Å². The van der Waals surface area contributed by atoms with Crippen LogP contribution in [0.25, 0.3) is 0 Å². The SMILES string of the molecule is CC1(C)CCC1(C)C. The van der Waals surface area contributed by atoms with E-state index in [9.17, 15) is 0 Å². The molecule has 1 fully saturated rings. The quantitative estimate of drug-likeness (QED) is 0.452. The first-order valence-corrected chi connectivity index (χ1v) is 3.46. The van der Waals surface area contributed by atoms with Gasteiger partial charge in [0, 0.05) is 0 Å². The van der Waals surface area contributed by atoms with Gasteiger partial charge >= 0.3 is 0 Å². The van der Waals surface area contributed by atoms with Crippen molar-refractivity contribution in [3.8, 4) is 0 Å². The molecular weight excluding hydrogens is 96.1 g/mol. The Morgan fingerprint density at radius 2 is 1.00 bits per heavy atom. The Morgan fingerprint density at radius 3 is 1.00 bits per heavy atom. The molecule has 0 atom stereocenters. The van der Waals surface area contributed by atoms with Gasteiger partial charge in [-0.1, -0.05) is 27.7 Å². The molecule has 0 aromatic rings. The molecule has 0 aliphatic heterocycles. The predicted molar refractivity (Wildman–Crippen MR) is 36.8 cm³/mol. The summed E-state index contributed by atoms with van der Waals surface area (Å²) in [4.78, 5) is 0. The maximum atomic E-state index is 2.36. The third-order valence-corrected chi connectivity index (χ3v) is 3.21. The maximum absolute atomic E-state index is 2.36. The lowest BCUT2D eigenvalue weighted by Gasteiger charge is -2.52. The molecule has 0 amide bonds. The Hall–Kier alpha value is 0. The van der Waals surface area contributed by atoms with Gasteiger partial charge in [0.15, 0.2) is 0 Å². The van der Waals surface area contributed by atoms with E-state index in [2.05, 4.69) is 27.7 Å². The summed E-state index contributed by atoms with van der Waals surface area (Å²) >= 11 is 0. The summed E-state index contributed by atoms with van der Waals surface area (Å²) in [5.74, 6) is 0. The van der Waals surface area contributed by atoms with Crippen LogP contribution in [0.2, 0.25) is 0 Å². The van der Waals surface area contributed by atoms with Crippen LogP contribution in [0, 0.1) is 10.8 Å². The van der Waals surface area contributed by atoms with Gasteiger partial charge in [-0.05, 0) is 23.7 Å². The van der Waals surface area contributed by atoms with E-state index in [-0.39, 0.29) is 0 Å². The van der Waals surface area contributed by atoms with Crippen molar-refractivity contribution in [1.29, 1.82) is 0 Å². The minimum atomic E-state index is 0.618. The molecule has 0 heterocycles. The molecule has 0 N–H and O–H groups in total. The van der Waals surface area contributed by atoms with Crippen LogP contribution in [-0.2, 0) is 0 Å². The molecule has 0 unspecified atom stereocenters. The molecule has 0 spiro atoms. The van der Waals surface area contributed by atoms with Crippen molar-refractivity contribution >= 4 is 0 Å². The standard InChI is InChI=1S/C8H16/c1-7(2)5-6-8(7,3)4/h5-6H2,1-4H3. The highest BCUT2D eigenvalue weighted by Gasteiger charge is 2.44. The van der Waals surface area contributed by atoms with Crippen LogP contribution in [0.5, 0.6) is 0 Å². The highest BCUT2D eigenvalue weighted by molar-refractivity contribution is 4.95. The first-order chi connectivity index (χ1) is 3.46. The van der Waals surface area contributed by atoms with E-state index in [4.69, 9.17) is 0 Å². The molecule has 8 heavy (non-hydrogen) atoms. The predicted octanol–water partition coefficient (Wildman–Crippen LogP) is 2.83. The van der Waals surface area contributed by atoms with Gasteiger partial charge in [0.25, 0.3) is 0 Å². The molecule has 0 aromatic heterocycles. The molecule has 1 rings (SSSR count). The van der Waals surface area contributed by atoms with Crippen molar-refractivity contribution in [2.45, 2.75) is 40.5 Å². The van der Waals surface area contributed by atoms with E-state index in [1.165, 1.54) is 12.8 Å². The lowest BCUT2D eigenvalue weighted by atomic mass is 9.53. The van der Waals surface area contributed by atoms with Crippen molar-refractivity contribution in [3.05, 3.63) is 0 Å². The molecule has 0 nitrogen and oxygen atoms in total. The Bertz CT molecular complexity index is 84.6. The first kappa shape index (κ1) is 6.12. The molecule has 0 aromatic carbocycles. The van der Waals surface area contributed by atoms with Crippen LogP contribution in [0.3, 0.4) is 0 Å². The average Bonchev–Trinajstić information content (AvgIpc) is 1.64. The number of rotatable bonds is 0. The average molecular weight is 112 g/mol. The van der Waals surface area contributed by atoms with Gasteiger partial charge < -0.3 is 0 Å². The van der Waals surface area contributed by atoms with Crippen LogP contribution in [0.1, 0.15) is 40.5 Å². The third kappa shape index (κ3) is 0.586. The molecule has 0 saturated heterocycles. The number of hydrogen-bond acceptors (Lipinski definition) is 0. The molecular formula is C8H16. The maximum Gasteiger partial charge on any atom is -0.0303 e. The van der Waals surface area contributed by atoms with E-state index >= 15 is 0 Å². The van der Waals surface area contributed by atoms with Crippen LogP contribution in [0.4, 0.5) is 0 Å². The Kier molecular flexibility index (Phi) is 0.984. The van der Waals surface area contributed by atoms with Crippen LogP contribution >= 0.6 is 0 Å². The van der Waals surface area contributed by atoms with E-state index in [0.717, 1.165) is 0 Å². The molecule has 0 bridgehead atoms. The third-order valence-electron chi connectivity index (χ3n) is 3.21. The monoisotopic (exact) mass is 112 g/mol. The van der Waals surface area contributed by atoms with Crippen LogP contribution in [-0.4, -0.2) is 0 Å². The van der Waals surface area contributed by atoms with Gasteiger partial charge in [0.05, 0.1) is 0 Å². The van der Waals surface area contributed by atoms with Gasteiger partial charge in [-0.3, -0.25) is 0 Å². The lowest BCUT2D eigenvalue weighted by Crippen LogP contribution is -2.42. The zero-order chi connectivity index (χ0) is 6.41. The van der Waals surface area contributed by atoms with E-state index in [1.807, 2.05) is 0 Å². The van der Waals surface area contributed by atoms with Crippen LogP contribution in [0.15, 0.2) is 0 Å². The molecule has 1 aliphatic rings. The minimum absolute atomic E-state index is 0.618. The minimum Gasteiger partial charge on any atom is -0.0594 e. The van der Waals surface area contributed by atoms with E-state index in [1.54, 1.807) is 0 Å². The van der Waals surface area contributed by atoms with Gasteiger partial charge in [-0.2, -0.15) is 0 Å². The number of hydrogen-bond donors (Lipinski definition) is 0. The lowest BCUT2D eigenvalue weighted by molar-refractivity contribution is -0.0164. The first-order valence-electron chi connectivity index (χ1n) is 3.46. The molecule has 48 valence electrons. The normalized spacial score (nSPS) is 31.5. The summed E-state index contributed by atoms with van der Waals surface area (Å²) in [6.07, 6.45) is 2.83. The second kappa shape index (κ2) is 1.29. The molecule has 0 heteroatoms.